The largest absolute Gasteiger partial charge is 0.301 e. The first-order valence-corrected chi connectivity index (χ1v) is 8.63. The maximum atomic E-state index is 12.0. The number of nitrogens with one attached hydrogen (secondary N) is 1. The Labute approximate surface area is 135 Å². The van der Waals surface area contributed by atoms with Crippen molar-refractivity contribution in [3.63, 3.8) is 0 Å². The van der Waals surface area contributed by atoms with E-state index < -0.39 is 0 Å². The standard InChI is InChI=1S/C18H20N2OS/c21-17-16(13-7-10-14-8-3-1-4-9-14)22-18(20-17)19-15-11-5-2-6-12-15/h1,3-4,7-10,13,15H,2,5-6,11-12H2,(H,19,20,21). The van der Waals surface area contributed by atoms with E-state index in [9.17, 15) is 4.79 Å². The number of aliphatic imine (C=N–C) groups is 1. The SMILES string of the molecule is O=C1NC(=NC2CCCCC2)SC1=CC=Cc1ccccc1. The van der Waals surface area contributed by atoms with E-state index in [0.717, 1.165) is 23.6 Å². The number of carbonyl (C=O) groups is 1. The first-order valence-electron chi connectivity index (χ1n) is 7.82. The summed E-state index contributed by atoms with van der Waals surface area (Å²) in [6, 6.07) is 10.4. The first kappa shape index (κ1) is 15.1. The van der Waals surface area contributed by atoms with Gasteiger partial charge in [-0.25, -0.2) is 0 Å². The monoisotopic (exact) mass is 312 g/mol. The summed E-state index contributed by atoms with van der Waals surface area (Å²) < 4.78 is 0. The molecule has 1 saturated heterocycles. The molecular weight excluding hydrogens is 292 g/mol. The van der Waals surface area contributed by atoms with Crippen LogP contribution in [0.25, 0.3) is 6.08 Å². The second-order valence-electron chi connectivity index (χ2n) is 5.58. The number of benzene rings is 1. The van der Waals surface area contributed by atoms with Crippen LogP contribution in [0, 0.1) is 0 Å². The maximum absolute atomic E-state index is 12.0. The summed E-state index contributed by atoms with van der Waals surface area (Å²) >= 11 is 1.45. The third kappa shape index (κ3) is 4.10. The van der Waals surface area contributed by atoms with Crippen LogP contribution < -0.4 is 5.32 Å². The minimum absolute atomic E-state index is 0.0442. The lowest BCUT2D eigenvalue weighted by molar-refractivity contribution is -0.115. The molecule has 1 aromatic carbocycles. The molecule has 0 radical (unpaired) electrons. The normalized spacial score (nSPS) is 23.5. The lowest BCUT2D eigenvalue weighted by Crippen LogP contribution is -2.22. The van der Waals surface area contributed by atoms with E-state index in [1.54, 1.807) is 0 Å². The van der Waals surface area contributed by atoms with Crippen molar-refractivity contribution < 1.29 is 4.79 Å². The highest BCUT2D eigenvalue weighted by atomic mass is 32.2. The number of amidine groups is 1. The topological polar surface area (TPSA) is 41.5 Å². The van der Waals surface area contributed by atoms with Gasteiger partial charge in [0.15, 0.2) is 5.17 Å². The molecule has 1 aliphatic heterocycles. The summed E-state index contributed by atoms with van der Waals surface area (Å²) in [5.41, 5.74) is 1.12. The van der Waals surface area contributed by atoms with E-state index in [1.807, 2.05) is 48.6 Å². The number of hydrogen-bond acceptors (Lipinski definition) is 3. The van der Waals surface area contributed by atoms with Crippen molar-refractivity contribution in [2.75, 3.05) is 0 Å². The average Bonchev–Trinajstić information content (AvgIpc) is 2.89. The van der Waals surface area contributed by atoms with E-state index >= 15 is 0 Å². The predicted octanol–water partition coefficient (Wildman–Crippen LogP) is 4.14. The Balaban J connectivity index is 1.63. The summed E-state index contributed by atoms with van der Waals surface area (Å²) in [6.07, 6.45) is 11.9. The van der Waals surface area contributed by atoms with Crippen LogP contribution in [0.15, 0.2) is 52.4 Å². The molecule has 2 aliphatic rings. The molecule has 2 fully saturated rings. The summed E-state index contributed by atoms with van der Waals surface area (Å²) in [6.45, 7) is 0. The fourth-order valence-corrected chi connectivity index (χ4v) is 3.53. The molecule has 1 heterocycles. The second-order valence-corrected chi connectivity index (χ2v) is 6.61. The zero-order valence-corrected chi connectivity index (χ0v) is 13.3. The maximum Gasteiger partial charge on any atom is 0.264 e. The molecule has 1 aromatic rings. The molecule has 0 unspecified atom stereocenters. The van der Waals surface area contributed by atoms with Crippen molar-refractivity contribution in [3.05, 3.63) is 53.0 Å². The van der Waals surface area contributed by atoms with Gasteiger partial charge in [0, 0.05) is 0 Å². The van der Waals surface area contributed by atoms with Crippen molar-refractivity contribution in [2.24, 2.45) is 4.99 Å². The quantitative estimate of drug-likeness (QED) is 0.852. The zero-order chi connectivity index (χ0) is 15.2. The fraction of sp³-hybridized carbons (Fsp3) is 0.333. The van der Waals surface area contributed by atoms with Gasteiger partial charge in [-0.15, -0.1) is 0 Å². The third-order valence-electron chi connectivity index (χ3n) is 3.86. The number of amides is 1. The number of carbonyl (C=O) groups excluding carboxylic acids is 1. The summed E-state index contributed by atoms with van der Waals surface area (Å²) in [4.78, 5) is 17.3. The van der Waals surface area contributed by atoms with Gasteiger partial charge >= 0.3 is 0 Å². The Kier molecular flexibility index (Phi) is 5.11. The molecule has 3 rings (SSSR count). The van der Waals surface area contributed by atoms with Crippen LogP contribution in [0.3, 0.4) is 0 Å². The summed E-state index contributed by atoms with van der Waals surface area (Å²) in [5.74, 6) is -0.0442. The molecular formula is C18H20N2OS. The predicted molar refractivity (Wildman–Crippen MR) is 93.6 cm³/mol. The zero-order valence-electron chi connectivity index (χ0n) is 12.5. The van der Waals surface area contributed by atoms with Crippen LogP contribution >= 0.6 is 11.8 Å². The Bertz CT molecular complexity index is 613. The van der Waals surface area contributed by atoms with Crippen LogP contribution in [0.2, 0.25) is 0 Å². The van der Waals surface area contributed by atoms with Gasteiger partial charge in [0.05, 0.1) is 10.9 Å². The van der Waals surface area contributed by atoms with Gasteiger partial charge in [0.1, 0.15) is 0 Å². The van der Waals surface area contributed by atoms with Gasteiger partial charge < -0.3 is 5.32 Å². The van der Waals surface area contributed by atoms with Gasteiger partial charge in [-0.2, -0.15) is 0 Å². The van der Waals surface area contributed by atoms with Crippen molar-refractivity contribution in [1.29, 1.82) is 0 Å². The molecule has 1 N–H and O–H groups in total. The molecule has 0 aromatic heterocycles. The molecule has 0 atom stereocenters. The van der Waals surface area contributed by atoms with E-state index in [-0.39, 0.29) is 5.91 Å². The Morgan fingerprint density at radius 1 is 1.14 bits per heavy atom. The highest BCUT2D eigenvalue weighted by molar-refractivity contribution is 8.18. The number of thioether (sulfide) groups is 1. The minimum atomic E-state index is -0.0442. The third-order valence-corrected chi connectivity index (χ3v) is 4.80. The van der Waals surface area contributed by atoms with Crippen LogP contribution in [-0.2, 0) is 4.79 Å². The first-order chi connectivity index (χ1) is 10.8. The van der Waals surface area contributed by atoms with E-state index in [0.29, 0.717) is 10.9 Å². The highest BCUT2D eigenvalue weighted by Crippen LogP contribution is 2.27. The summed E-state index contributed by atoms with van der Waals surface area (Å²) in [7, 11) is 0. The van der Waals surface area contributed by atoms with Crippen LogP contribution in [0.1, 0.15) is 37.7 Å². The number of nitrogens with zero attached hydrogens (tertiary/aromatic N) is 1. The van der Waals surface area contributed by atoms with Gasteiger partial charge in [-0.1, -0.05) is 61.7 Å². The lowest BCUT2D eigenvalue weighted by atomic mass is 9.96. The molecule has 0 bridgehead atoms. The van der Waals surface area contributed by atoms with Gasteiger partial charge in [0.2, 0.25) is 0 Å². The lowest BCUT2D eigenvalue weighted by Gasteiger charge is -2.17. The number of hydrogen-bond donors (Lipinski definition) is 1. The molecule has 114 valence electrons. The van der Waals surface area contributed by atoms with Gasteiger partial charge in [0.25, 0.3) is 5.91 Å². The van der Waals surface area contributed by atoms with Gasteiger partial charge in [-0.3, -0.25) is 9.79 Å². The van der Waals surface area contributed by atoms with Crippen LogP contribution in [-0.4, -0.2) is 17.1 Å². The van der Waals surface area contributed by atoms with Crippen molar-refractivity contribution in [2.45, 2.75) is 38.1 Å². The van der Waals surface area contributed by atoms with Crippen molar-refractivity contribution in [1.82, 2.24) is 5.32 Å². The fourth-order valence-electron chi connectivity index (χ4n) is 2.69. The molecule has 1 saturated carbocycles. The van der Waals surface area contributed by atoms with E-state index in [1.165, 1.54) is 31.0 Å². The van der Waals surface area contributed by atoms with E-state index in [2.05, 4.69) is 10.3 Å². The molecule has 4 heteroatoms. The highest BCUT2D eigenvalue weighted by Gasteiger charge is 2.24. The Morgan fingerprint density at radius 3 is 2.68 bits per heavy atom. The molecule has 22 heavy (non-hydrogen) atoms. The number of allylic oxidation sites excluding steroid dienone is 2. The average molecular weight is 312 g/mol. The Hall–Kier alpha value is -1.81. The molecule has 1 aliphatic carbocycles. The van der Waals surface area contributed by atoms with E-state index in [4.69, 9.17) is 0 Å². The van der Waals surface area contributed by atoms with Crippen molar-refractivity contribution in [3.8, 4) is 0 Å². The van der Waals surface area contributed by atoms with Gasteiger partial charge in [-0.05, 0) is 36.2 Å². The van der Waals surface area contributed by atoms with Crippen LogP contribution in [0.5, 0.6) is 0 Å². The number of rotatable bonds is 3. The van der Waals surface area contributed by atoms with Crippen molar-refractivity contribution >= 4 is 28.9 Å². The smallest absolute Gasteiger partial charge is 0.264 e. The summed E-state index contributed by atoms with van der Waals surface area (Å²) in [5, 5.41) is 3.63. The molecule has 1 amide bonds. The molecule has 0 spiro atoms. The van der Waals surface area contributed by atoms with Crippen LogP contribution in [0.4, 0.5) is 0 Å². The molecule has 3 nitrogen and oxygen atoms in total. The minimum Gasteiger partial charge on any atom is -0.301 e. The second kappa shape index (κ2) is 7.45. The Morgan fingerprint density at radius 2 is 1.91 bits per heavy atom.